The fourth-order valence-electron chi connectivity index (χ4n) is 2.89. The molecule has 0 unspecified atom stereocenters. The smallest absolute Gasteiger partial charge is 0.220 e. The lowest BCUT2D eigenvalue weighted by atomic mass is 9.93. The molecule has 0 aromatic carbocycles. The van der Waals surface area contributed by atoms with Gasteiger partial charge in [-0.15, -0.1) is 24.0 Å². The van der Waals surface area contributed by atoms with E-state index in [4.69, 9.17) is 4.74 Å². The zero-order valence-corrected chi connectivity index (χ0v) is 17.9. The highest BCUT2D eigenvalue weighted by molar-refractivity contribution is 14.0. The van der Waals surface area contributed by atoms with E-state index in [9.17, 15) is 4.79 Å². The fraction of sp³-hybridized carbons (Fsp3) is 0.611. The van der Waals surface area contributed by atoms with Crippen LogP contribution in [0.15, 0.2) is 29.5 Å². The molecule has 7 nitrogen and oxygen atoms in total. The van der Waals surface area contributed by atoms with Crippen molar-refractivity contribution in [3.63, 3.8) is 0 Å². The van der Waals surface area contributed by atoms with Gasteiger partial charge in [-0.2, -0.15) is 0 Å². The first-order valence-corrected chi connectivity index (χ1v) is 8.99. The van der Waals surface area contributed by atoms with Gasteiger partial charge in [-0.05, 0) is 37.8 Å². The van der Waals surface area contributed by atoms with Gasteiger partial charge in [0.15, 0.2) is 5.96 Å². The predicted octanol–water partition coefficient (Wildman–Crippen LogP) is 1.89. The first kappa shape index (κ1) is 22.5. The lowest BCUT2D eigenvalue weighted by Crippen LogP contribution is -2.46. The molecule has 8 heteroatoms. The highest BCUT2D eigenvalue weighted by Gasteiger charge is 2.22. The summed E-state index contributed by atoms with van der Waals surface area (Å²) in [6.45, 7) is 5.87. The van der Waals surface area contributed by atoms with Crippen LogP contribution < -0.4 is 15.4 Å². The molecule has 146 valence electrons. The molecule has 0 atom stereocenters. The van der Waals surface area contributed by atoms with Crippen LogP contribution >= 0.6 is 24.0 Å². The van der Waals surface area contributed by atoms with Gasteiger partial charge in [0.1, 0.15) is 12.4 Å². The molecule has 0 aliphatic carbocycles. The third-order valence-corrected chi connectivity index (χ3v) is 4.26. The predicted molar refractivity (Wildman–Crippen MR) is 114 cm³/mol. The summed E-state index contributed by atoms with van der Waals surface area (Å²) in [5.74, 6) is 2.29. The van der Waals surface area contributed by atoms with Crippen LogP contribution in [0.2, 0.25) is 0 Å². The maximum atomic E-state index is 11.5. The van der Waals surface area contributed by atoms with Crippen molar-refractivity contribution in [3.8, 4) is 5.75 Å². The Balaban J connectivity index is 0.00000338. The molecule has 1 aliphatic heterocycles. The second-order valence-corrected chi connectivity index (χ2v) is 6.08. The molecule has 0 saturated carbocycles. The van der Waals surface area contributed by atoms with Gasteiger partial charge in [0.05, 0.1) is 12.7 Å². The van der Waals surface area contributed by atoms with Gasteiger partial charge < -0.3 is 20.3 Å². The number of guanidine groups is 1. The average molecular weight is 475 g/mol. The van der Waals surface area contributed by atoms with Gasteiger partial charge in [0.2, 0.25) is 5.91 Å². The lowest BCUT2D eigenvalue weighted by Gasteiger charge is -2.34. The zero-order valence-electron chi connectivity index (χ0n) is 15.6. The molecular formula is C18H30IN5O2. The van der Waals surface area contributed by atoms with Crippen molar-refractivity contribution >= 4 is 35.8 Å². The Labute approximate surface area is 173 Å². The SMILES string of the molecule is CCNC(=NCCOc1cccnc1)N1CCC(CC(=O)NC)CC1.I. The van der Waals surface area contributed by atoms with Gasteiger partial charge in [0, 0.05) is 39.3 Å². The van der Waals surface area contributed by atoms with Crippen molar-refractivity contribution in [2.75, 3.05) is 39.8 Å². The van der Waals surface area contributed by atoms with E-state index >= 15 is 0 Å². The Hall–Kier alpha value is -1.58. The summed E-state index contributed by atoms with van der Waals surface area (Å²) in [7, 11) is 1.70. The van der Waals surface area contributed by atoms with Crippen molar-refractivity contribution in [2.45, 2.75) is 26.2 Å². The Bertz CT molecular complexity index is 548. The number of likely N-dealkylation sites (tertiary alicyclic amines) is 1. The standard InChI is InChI=1S/C18H29N5O2.HI/c1-3-21-18(22-9-12-25-16-5-4-8-20-14-16)23-10-6-15(7-11-23)13-17(24)19-2;/h4-5,8,14-15H,3,6-7,9-13H2,1-2H3,(H,19,24)(H,21,22);1H. The van der Waals surface area contributed by atoms with Crippen LogP contribution in [-0.2, 0) is 4.79 Å². The normalized spacial score (nSPS) is 15.2. The molecular weight excluding hydrogens is 445 g/mol. The van der Waals surface area contributed by atoms with E-state index in [1.165, 1.54) is 0 Å². The van der Waals surface area contributed by atoms with Crippen LogP contribution in [0, 0.1) is 5.92 Å². The van der Waals surface area contributed by atoms with Crippen LogP contribution in [0.4, 0.5) is 0 Å². The summed E-state index contributed by atoms with van der Waals surface area (Å²) in [5.41, 5.74) is 0. The summed E-state index contributed by atoms with van der Waals surface area (Å²) in [5, 5.41) is 6.05. The molecule has 1 saturated heterocycles. The Morgan fingerprint density at radius 3 is 2.81 bits per heavy atom. The van der Waals surface area contributed by atoms with Gasteiger partial charge in [-0.1, -0.05) is 0 Å². The van der Waals surface area contributed by atoms with Crippen LogP contribution in [0.5, 0.6) is 5.75 Å². The number of ether oxygens (including phenoxy) is 1. The van der Waals surface area contributed by atoms with E-state index in [-0.39, 0.29) is 29.9 Å². The Morgan fingerprint density at radius 1 is 1.42 bits per heavy atom. The van der Waals surface area contributed by atoms with Crippen molar-refractivity contribution in [2.24, 2.45) is 10.9 Å². The van der Waals surface area contributed by atoms with Crippen molar-refractivity contribution in [1.82, 2.24) is 20.5 Å². The number of amides is 1. The second-order valence-electron chi connectivity index (χ2n) is 6.08. The number of nitrogens with one attached hydrogen (secondary N) is 2. The Kier molecular flexibility index (Phi) is 11.0. The molecule has 1 aromatic heterocycles. The van der Waals surface area contributed by atoms with E-state index in [1.54, 1.807) is 19.4 Å². The number of nitrogens with zero attached hydrogens (tertiary/aromatic N) is 3. The molecule has 0 spiro atoms. The average Bonchev–Trinajstić information content (AvgIpc) is 2.65. The highest BCUT2D eigenvalue weighted by atomic mass is 127. The summed E-state index contributed by atoms with van der Waals surface area (Å²) in [4.78, 5) is 22.5. The molecule has 0 bridgehead atoms. The number of halogens is 1. The minimum atomic E-state index is 0. The number of rotatable bonds is 7. The number of aliphatic imine (C=N–C) groups is 1. The van der Waals surface area contributed by atoms with Gasteiger partial charge in [0.25, 0.3) is 0 Å². The molecule has 1 fully saturated rings. The summed E-state index contributed by atoms with van der Waals surface area (Å²) >= 11 is 0. The first-order chi connectivity index (χ1) is 12.2. The molecule has 2 heterocycles. The number of hydrogen-bond acceptors (Lipinski definition) is 4. The summed E-state index contributed by atoms with van der Waals surface area (Å²) < 4.78 is 5.63. The number of carbonyl (C=O) groups excluding carboxylic acids is 1. The first-order valence-electron chi connectivity index (χ1n) is 8.99. The van der Waals surface area contributed by atoms with E-state index in [1.807, 2.05) is 12.1 Å². The summed E-state index contributed by atoms with van der Waals surface area (Å²) in [6, 6.07) is 3.74. The Morgan fingerprint density at radius 2 is 2.19 bits per heavy atom. The molecule has 0 radical (unpaired) electrons. The van der Waals surface area contributed by atoms with E-state index in [0.29, 0.717) is 25.5 Å². The third-order valence-electron chi connectivity index (χ3n) is 4.26. The van der Waals surface area contributed by atoms with Gasteiger partial charge >= 0.3 is 0 Å². The number of hydrogen-bond donors (Lipinski definition) is 2. The molecule has 26 heavy (non-hydrogen) atoms. The van der Waals surface area contributed by atoms with Crippen molar-refractivity contribution in [1.29, 1.82) is 0 Å². The van der Waals surface area contributed by atoms with Crippen LogP contribution in [0.1, 0.15) is 26.2 Å². The zero-order chi connectivity index (χ0) is 17.9. The molecule has 1 aliphatic rings. The topological polar surface area (TPSA) is 78.9 Å². The minimum absolute atomic E-state index is 0. The minimum Gasteiger partial charge on any atom is -0.490 e. The van der Waals surface area contributed by atoms with Crippen LogP contribution in [0.3, 0.4) is 0 Å². The highest BCUT2D eigenvalue weighted by Crippen LogP contribution is 2.20. The van der Waals surface area contributed by atoms with Crippen LogP contribution in [-0.4, -0.2) is 61.6 Å². The van der Waals surface area contributed by atoms with E-state index in [0.717, 1.165) is 44.2 Å². The number of pyridine rings is 1. The molecule has 2 N–H and O–H groups in total. The second kappa shape index (κ2) is 12.7. The van der Waals surface area contributed by atoms with Crippen molar-refractivity contribution < 1.29 is 9.53 Å². The van der Waals surface area contributed by atoms with Crippen LogP contribution in [0.25, 0.3) is 0 Å². The maximum Gasteiger partial charge on any atom is 0.220 e. The molecule has 1 aromatic rings. The maximum absolute atomic E-state index is 11.5. The fourth-order valence-corrected chi connectivity index (χ4v) is 2.89. The van der Waals surface area contributed by atoms with E-state index < -0.39 is 0 Å². The molecule has 1 amide bonds. The number of piperidine rings is 1. The van der Waals surface area contributed by atoms with Gasteiger partial charge in [-0.25, -0.2) is 4.99 Å². The monoisotopic (exact) mass is 475 g/mol. The number of carbonyl (C=O) groups is 1. The lowest BCUT2D eigenvalue weighted by molar-refractivity contribution is -0.121. The largest absolute Gasteiger partial charge is 0.490 e. The third kappa shape index (κ3) is 7.76. The quantitative estimate of drug-likeness (QED) is 0.273. The van der Waals surface area contributed by atoms with Crippen molar-refractivity contribution in [3.05, 3.63) is 24.5 Å². The van der Waals surface area contributed by atoms with E-state index in [2.05, 4.69) is 32.4 Å². The molecule has 2 rings (SSSR count). The number of aromatic nitrogens is 1. The van der Waals surface area contributed by atoms with Gasteiger partial charge in [-0.3, -0.25) is 9.78 Å². The summed E-state index contributed by atoms with van der Waals surface area (Å²) in [6.07, 6.45) is 6.08.